The first kappa shape index (κ1) is 22.1. The molecule has 1 aliphatic heterocycles. The molecule has 0 radical (unpaired) electrons. The number of amides is 1. The molecule has 0 saturated carbocycles. The third kappa shape index (κ3) is 4.28. The molecule has 5 nitrogen and oxygen atoms in total. The van der Waals surface area contributed by atoms with Crippen LogP contribution in [0, 0.1) is 0 Å². The predicted octanol–water partition coefficient (Wildman–Crippen LogP) is 6.10. The van der Waals surface area contributed by atoms with Gasteiger partial charge in [-0.3, -0.25) is 9.78 Å². The highest BCUT2D eigenvalue weighted by Crippen LogP contribution is 2.39. The summed E-state index contributed by atoms with van der Waals surface area (Å²) in [5.74, 6) is -0.723. The van der Waals surface area contributed by atoms with E-state index < -0.39 is 23.7 Å². The van der Waals surface area contributed by atoms with Crippen molar-refractivity contribution in [2.75, 3.05) is 0 Å². The number of alkyl halides is 3. The quantitative estimate of drug-likeness (QED) is 0.493. The van der Waals surface area contributed by atoms with Crippen molar-refractivity contribution in [2.24, 2.45) is 5.10 Å². The number of halogens is 5. The van der Waals surface area contributed by atoms with Crippen LogP contribution in [0.25, 0.3) is 0 Å². The molecule has 0 aliphatic carbocycles. The molecule has 164 valence electrons. The molecule has 1 N–H and O–H groups in total. The highest BCUT2D eigenvalue weighted by atomic mass is 35.5. The molecular weight excluding hydrogens is 466 g/mol. The van der Waals surface area contributed by atoms with Crippen molar-refractivity contribution in [3.63, 3.8) is 0 Å². The van der Waals surface area contributed by atoms with E-state index in [1.54, 1.807) is 0 Å². The van der Waals surface area contributed by atoms with Crippen LogP contribution in [0.5, 0.6) is 5.75 Å². The van der Waals surface area contributed by atoms with E-state index in [-0.39, 0.29) is 27.8 Å². The summed E-state index contributed by atoms with van der Waals surface area (Å²) in [6.45, 7) is 0. The molecule has 1 aromatic heterocycles. The Morgan fingerprint density at radius 3 is 2.34 bits per heavy atom. The van der Waals surface area contributed by atoms with E-state index >= 15 is 0 Å². The smallest absolute Gasteiger partial charge is 0.416 e. The molecule has 1 atom stereocenters. The number of aromatic nitrogens is 1. The number of hydrogen-bond acceptors (Lipinski definition) is 4. The maximum Gasteiger partial charge on any atom is 0.416 e. The van der Waals surface area contributed by atoms with Gasteiger partial charge in [0.05, 0.1) is 22.3 Å². The van der Waals surface area contributed by atoms with Crippen molar-refractivity contribution >= 4 is 34.8 Å². The molecule has 0 saturated heterocycles. The van der Waals surface area contributed by atoms with E-state index in [9.17, 15) is 23.1 Å². The fourth-order valence-electron chi connectivity index (χ4n) is 3.43. The summed E-state index contributed by atoms with van der Waals surface area (Å²) in [7, 11) is 0. The Balaban J connectivity index is 1.77. The highest BCUT2D eigenvalue weighted by Gasteiger charge is 2.36. The summed E-state index contributed by atoms with van der Waals surface area (Å²) >= 11 is 12.1. The zero-order valence-electron chi connectivity index (χ0n) is 16.1. The Morgan fingerprint density at radius 2 is 1.72 bits per heavy atom. The van der Waals surface area contributed by atoms with Gasteiger partial charge >= 0.3 is 6.18 Å². The van der Waals surface area contributed by atoms with Crippen molar-refractivity contribution in [1.82, 2.24) is 9.99 Å². The molecule has 2 heterocycles. The molecule has 1 amide bonds. The average molecular weight is 480 g/mol. The second-order valence-corrected chi connectivity index (χ2v) is 7.90. The van der Waals surface area contributed by atoms with Crippen LogP contribution in [0.3, 0.4) is 0 Å². The topological polar surface area (TPSA) is 65.8 Å². The second kappa shape index (κ2) is 8.44. The Labute approximate surface area is 190 Å². The Hall–Kier alpha value is -3.10. The zero-order chi connectivity index (χ0) is 23.0. The van der Waals surface area contributed by atoms with Gasteiger partial charge in [-0.2, -0.15) is 18.3 Å². The van der Waals surface area contributed by atoms with E-state index in [0.29, 0.717) is 16.8 Å². The summed E-state index contributed by atoms with van der Waals surface area (Å²) in [5.41, 5.74) is 0.511. The van der Waals surface area contributed by atoms with Gasteiger partial charge in [0.1, 0.15) is 5.75 Å². The Morgan fingerprint density at radius 1 is 1.06 bits per heavy atom. The lowest BCUT2D eigenvalue weighted by Crippen LogP contribution is -2.27. The second-order valence-electron chi connectivity index (χ2n) is 7.06. The van der Waals surface area contributed by atoms with Gasteiger partial charge in [-0.05, 0) is 42.0 Å². The van der Waals surface area contributed by atoms with Crippen LogP contribution >= 0.6 is 23.2 Å². The van der Waals surface area contributed by atoms with Gasteiger partial charge < -0.3 is 5.11 Å². The molecule has 0 bridgehead atoms. The maximum atomic E-state index is 13.1. The number of phenolic OH excluding ortho intramolecular Hbond substituents is 1. The number of pyridine rings is 1. The first-order valence-electron chi connectivity index (χ1n) is 9.32. The number of carbonyl (C=O) groups is 1. The number of hydrazone groups is 1. The van der Waals surface area contributed by atoms with E-state index in [2.05, 4.69) is 10.1 Å². The SMILES string of the molecule is O=C(c1ccncc1)N1N=C(c2cc(Cl)cc(Cl)c2O)CC1c1ccc(C(F)(F)F)cc1. The minimum absolute atomic E-state index is 0.0141. The van der Waals surface area contributed by atoms with Gasteiger partial charge in [0.15, 0.2) is 0 Å². The van der Waals surface area contributed by atoms with E-state index in [1.165, 1.54) is 53.8 Å². The fourth-order valence-corrected chi connectivity index (χ4v) is 3.92. The van der Waals surface area contributed by atoms with E-state index in [4.69, 9.17) is 23.2 Å². The van der Waals surface area contributed by atoms with E-state index in [1.807, 2.05) is 0 Å². The van der Waals surface area contributed by atoms with Gasteiger partial charge in [0.2, 0.25) is 0 Å². The minimum Gasteiger partial charge on any atom is -0.506 e. The first-order valence-corrected chi connectivity index (χ1v) is 10.1. The summed E-state index contributed by atoms with van der Waals surface area (Å²) in [6.07, 6.45) is -1.45. The summed E-state index contributed by atoms with van der Waals surface area (Å²) < 4.78 is 38.9. The summed E-state index contributed by atoms with van der Waals surface area (Å²) in [5, 5.41) is 16.2. The van der Waals surface area contributed by atoms with Gasteiger partial charge in [0.25, 0.3) is 5.91 Å². The first-order chi connectivity index (χ1) is 15.1. The standard InChI is InChI=1S/C22H14Cl2F3N3O2/c23-15-9-16(20(31)17(24)10-15)18-11-19(12-1-3-14(4-2-12)22(25,26)27)30(29-18)21(32)13-5-7-28-8-6-13/h1-10,19,31H,11H2. The number of aromatic hydroxyl groups is 1. The maximum absolute atomic E-state index is 13.1. The molecule has 1 aliphatic rings. The molecule has 2 aromatic carbocycles. The van der Waals surface area contributed by atoms with Gasteiger partial charge in [-0.1, -0.05) is 35.3 Å². The molecule has 0 spiro atoms. The average Bonchev–Trinajstić information content (AvgIpc) is 3.21. The van der Waals surface area contributed by atoms with Crippen LogP contribution in [0.4, 0.5) is 13.2 Å². The number of rotatable bonds is 3. The molecule has 32 heavy (non-hydrogen) atoms. The number of nitrogens with zero attached hydrogens (tertiary/aromatic N) is 3. The predicted molar refractivity (Wildman–Crippen MR) is 114 cm³/mol. The van der Waals surface area contributed by atoms with Crippen LogP contribution in [-0.4, -0.2) is 26.7 Å². The Kier molecular flexibility index (Phi) is 5.83. The number of phenols is 1. The number of hydrogen-bond donors (Lipinski definition) is 1. The van der Waals surface area contributed by atoms with Gasteiger partial charge in [-0.15, -0.1) is 0 Å². The van der Waals surface area contributed by atoms with Crippen molar-refractivity contribution in [1.29, 1.82) is 0 Å². The van der Waals surface area contributed by atoms with Crippen molar-refractivity contribution in [3.8, 4) is 5.75 Å². The van der Waals surface area contributed by atoms with Crippen molar-refractivity contribution in [3.05, 3.63) is 93.2 Å². The monoisotopic (exact) mass is 479 g/mol. The zero-order valence-corrected chi connectivity index (χ0v) is 17.7. The third-order valence-corrected chi connectivity index (χ3v) is 5.51. The number of carbonyl (C=O) groups excluding carboxylic acids is 1. The normalized spacial score (nSPS) is 16.2. The lowest BCUT2D eigenvalue weighted by Gasteiger charge is -2.22. The highest BCUT2D eigenvalue weighted by molar-refractivity contribution is 6.36. The molecular formula is C22H14Cl2F3N3O2. The third-order valence-electron chi connectivity index (χ3n) is 5.01. The van der Waals surface area contributed by atoms with Crippen LogP contribution in [-0.2, 0) is 6.18 Å². The Bertz CT molecular complexity index is 1200. The van der Waals surface area contributed by atoms with Crippen LogP contribution in [0.2, 0.25) is 10.0 Å². The molecule has 0 fully saturated rings. The van der Waals surface area contributed by atoms with Crippen LogP contribution in [0.1, 0.15) is 39.5 Å². The summed E-state index contributed by atoms with van der Waals surface area (Å²) in [4.78, 5) is 17.0. The lowest BCUT2D eigenvalue weighted by molar-refractivity contribution is -0.137. The largest absolute Gasteiger partial charge is 0.506 e. The lowest BCUT2D eigenvalue weighted by atomic mass is 9.97. The molecule has 4 rings (SSSR count). The summed E-state index contributed by atoms with van der Waals surface area (Å²) in [6, 6.07) is 9.67. The molecule has 3 aromatic rings. The van der Waals surface area contributed by atoms with Gasteiger partial charge in [-0.25, -0.2) is 5.01 Å². The fraction of sp³-hybridized carbons (Fsp3) is 0.136. The van der Waals surface area contributed by atoms with Crippen LogP contribution < -0.4 is 0 Å². The molecule has 10 heteroatoms. The molecule has 1 unspecified atom stereocenters. The van der Waals surface area contributed by atoms with Crippen molar-refractivity contribution in [2.45, 2.75) is 18.6 Å². The van der Waals surface area contributed by atoms with Gasteiger partial charge in [0, 0.05) is 35.0 Å². The van der Waals surface area contributed by atoms with Crippen molar-refractivity contribution < 1.29 is 23.1 Å². The van der Waals surface area contributed by atoms with E-state index in [0.717, 1.165) is 12.1 Å². The van der Waals surface area contributed by atoms with Crippen LogP contribution in [0.15, 0.2) is 66.0 Å². The minimum atomic E-state index is -4.48. The number of benzene rings is 2.